The van der Waals surface area contributed by atoms with Crippen LogP contribution in [0.1, 0.15) is 35.4 Å². The SMILES string of the molecule is Cc1occc1C(=O)NCC1CCCC1CO. The van der Waals surface area contributed by atoms with Crippen LogP contribution in [-0.2, 0) is 0 Å². The van der Waals surface area contributed by atoms with E-state index < -0.39 is 0 Å². The first-order valence-corrected chi connectivity index (χ1v) is 6.15. The standard InChI is InChI=1S/C13H19NO3/c1-9-12(5-6-17-9)13(16)14-7-10-3-2-4-11(10)8-15/h5-6,10-11,15H,2-4,7-8H2,1H3,(H,14,16). The molecule has 2 unspecified atom stereocenters. The number of hydrogen-bond donors (Lipinski definition) is 2. The van der Waals surface area contributed by atoms with Gasteiger partial charge in [0.1, 0.15) is 5.76 Å². The Morgan fingerprint density at radius 2 is 2.29 bits per heavy atom. The van der Waals surface area contributed by atoms with E-state index in [1.54, 1.807) is 13.0 Å². The van der Waals surface area contributed by atoms with Gasteiger partial charge in [0.2, 0.25) is 0 Å². The summed E-state index contributed by atoms with van der Waals surface area (Å²) in [5, 5.41) is 12.1. The van der Waals surface area contributed by atoms with Gasteiger partial charge in [0, 0.05) is 13.2 Å². The largest absolute Gasteiger partial charge is 0.469 e. The quantitative estimate of drug-likeness (QED) is 0.838. The predicted octanol–water partition coefficient (Wildman–Crippen LogP) is 1.73. The molecular formula is C13H19NO3. The fourth-order valence-electron chi connectivity index (χ4n) is 2.56. The van der Waals surface area contributed by atoms with Gasteiger partial charge in [-0.15, -0.1) is 0 Å². The molecule has 94 valence electrons. The highest BCUT2D eigenvalue weighted by atomic mass is 16.3. The van der Waals surface area contributed by atoms with E-state index in [4.69, 9.17) is 4.42 Å². The molecule has 4 nitrogen and oxygen atoms in total. The Bertz CT molecular complexity index is 386. The third kappa shape index (κ3) is 2.69. The van der Waals surface area contributed by atoms with Crippen LogP contribution in [0.3, 0.4) is 0 Å². The van der Waals surface area contributed by atoms with Gasteiger partial charge in [-0.3, -0.25) is 4.79 Å². The molecule has 0 bridgehead atoms. The second-order valence-electron chi connectivity index (χ2n) is 4.73. The van der Waals surface area contributed by atoms with E-state index in [1.807, 2.05) is 0 Å². The number of aryl methyl sites for hydroxylation is 1. The fourth-order valence-corrected chi connectivity index (χ4v) is 2.56. The van der Waals surface area contributed by atoms with Gasteiger partial charge in [0.15, 0.2) is 0 Å². The molecule has 1 aliphatic rings. The maximum atomic E-state index is 11.8. The summed E-state index contributed by atoms with van der Waals surface area (Å²) in [5.74, 6) is 1.32. The normalized spacial score (nSPS) is 23.9. The van der Waals surface area contributed by atoms with Gasteiger partial charge in [-0.25, -0.2) is 0 Å². The molecule has 1 aromatic rings. The van der Waals surface area contributed by atoms with Crippen LogP contribution in [0.5, 0.6) is 0 Å². The van der Waals surface area contributed by atoms with Crippen LogP contribution in [0.4, 0.5) is 0 Å². The number of amides is 1. The van der Waals surface area contributed by atoms with E-state index in [1.165, 1.54) is 6.26 Å². The lowest BCUT2D eigenvalue weighted by atomic mass is 9.97. The molecule has 2 rings (SSSR count). The predicted molar refractivity (Wildman–Crippen MR) is 63.7 cm³/mol. The summed E-state index contributed by atoms with van der Waals surface area (Å²) in [6.45, 7) is 2.65. The number of furan rings is 1. The van der Waals surface area contributed by atoms with Crippen molar-refractivity contribution in [2.75, 3.05) is 13.2 Å². The van der Waals surface area contributed by atoms with Crippen molar-refractivity contribution in [2.45, 2.75) is 26.2 Å². The highest BCUT2D eigenvalue weighted by Gasteiger charge is 2.27. The number of carbonyl (C=O) groups excluding carboxylic acids is 1. The van der Waals surface area contributed by atoms with Crippen molar-refractivity contribution in [3.05, 3.63) is 23.7 Å². The second kappa shape index (κ2) is 5.36. The molecule has 1 amide bonds. The molecule has 17 heavy (non-hydrogen) atoms. The number of aliphatic hydroxyl groups is 1. The summed E-state index contributed by atoms with van der Waals surface area (Å²) in [5.41, 5.74) is 0.601. The van der Waals surface area contributed by atoms with Crippen LogP contribution in [0, 0.1) is 18.8 Å². The van der Waals surface area contributed by atoms with Crippen LogP contribution >= 0.6 is 0 Å². The van der Waals surface area contributed by atoms with Gasteiger partial charge in [-0.05, 0) is 37.7 Å². The maximum absolute atomic E-state index is 11.8. The molecule has 2 atom stereocenters. The average Bonchev–Trinajstić information content (AvgIpc) is 2.94. The van der Waals surface area contributed by atoms with Crippen molar-refractivity contribution in [3.63, 3.8) is 0 Å². The monoisotopic (exact) mass is 237 g/mol. The fraction of sp³-hybridized carbons (Fsp3) is 0.615. The summed E-state index contributed by atoms with van der Waals surface area (Å²) in [6.07, 6.45) is 4.84. The van der Waals surface area contributed by atoms with E-state index in [9.17, 15) is 9.90 Å². The molecule has 0 aromatic carbocycles. The van der Waals surface area contributed by atoms with Crippen molar-refractivity contribution in [3.8, 4) is 0 Å². The molecule has 1 aliphatic carbocycles. The van der Waals surface area contributed by atoms with Crippen LogP contribution in [0.15, 0.2) is 16.7 Å². The molecule has 2 N–H and O–H groups in total. The molecular weight excluding hydrogens is 218 g/mol. The number of nitrogens with one attached hydrogen (secondary N) is 1. The summed E-state index contributed by atoms with van der Waals surface area (Å²) in [6, 6.07) is 1.68. The highest BCUT2D eigenvalue weighted by Crippen LogP contribution is 2.30. The minimum Gasteiger partial charge on any atom is -0.469 e. The first-order chi connectivity index (χ1) is 8.22. The Labute approximate surface area is 101 Å². The first-order valence-electron chi connectivity index (χ1n) is 6.15. The minimum atomic E-state index is -0.0835. The summed E-state index contributed by atoms with van der Waals surface area (Å²) < 4.78 is 5.10. The molecule has 0 aliphatic heterocycles. The number of aliphatic hydroxyl groups excluding tert-OH is 1. The Morgan fingerprint density at radius 3 is 2.94 bits per heavy atom. The number of rotatable bonds is 4. The Hall–Kier alpha value is -1.29. The Morgan fingerprint density at radius 1 is 1.53 bits per heavy atom. The lowest BCUT2D eigenvalue weighted by molar-refractivity contribution is 0.0936. The Balaban J connectivity index is 1.86. The maximum Gasteiger partial charge on any atom is 0.254 e. The van der Waals surface area contributed by atoms with E-state index in [0.29, 0.717) is 29.7 Å². The molecule has 1 fully saturated rings. The third-order valence-corrected chi connectivity index (χ3v) is 3.68. The molecule has 4 heteroatoms. The molecule has 1 heterocycles. The van der Waals surface area contributed by atoms with Crippen molar-refractivity contribution < 1.29 is 14.3 Å². The van der Waals surface area contributed by atoms with Crippen molar-refractivity contribution in [2.24, 2.45) is 11.8 Å². The molecule has 1 aromatic heterocycles. The van der Waals surface area contributed by atoms with E-state index in [-0.39, 0.29) is 12.5 Å². The van der Waals surface area contributed by atoms with Gasteiger partial charge in [0.25, 0.3) is 5.91 Å². The molecule has 0 radical (unpaired) electrons. The second-order valence-corrected chi connectivity index (χ2v) is 4.73. The van der Waals surface area contributed by atoms with Gasteiger partial charge in [0.05, 0.1) is 11.8 Å². The zero-order valence-electron chi connectivity index (χ0n) is 10.1. The first kappa shape index (κ1) is 12.2. The summed E-state index contributed by atoms with van der Waals surface area (Å²) in [7, 11) is 0. The van der Waals surface area contributed by atoms with E-state index in [2.05, 4.69) is 5.32 Å². The lowest BCUT2D eigenvalue weighted by Crippen LogP contribution is -2.31. The van der Waals surface area contributed by atoms with Crippen molar-refractivity contribution in [1.29, 1.82) is 0 Å². The molecule has 0 spiro atoms. The van der Waals surface area contributed by atoms with Crippen molar-refractivity contribution in [1.82, 2.24) is 5.32 Å². The average molecular weight is 237 g/mol. The van der Waals surface area contributed by atoms with Crippen LogP contribution in [-0.4, -0.2) is 24.2 Å². The zero-order valence-corrected chi connectivity index (χ0v) is 10.1. The molecule has 1 saturated carbocycles. The topological polar surface area (TPSA) is 62.5 Å². The van der Waals surface area contributed by atoms with Gasteiger partial charge in [-0.1, -0.05) is 6.42 Å². The molecule has 0 saturated heterocycles. The van der Waals surface area contributed by atoms with E-state index in [0.717, 1.165) is 19.3 Å². The van der Waals surface area contributed by atoms with Crippen LogP contribution in [0.2, 0.25) is 0 Å². The number of carbonyl (C=O) groups is 1. The van der Waals surface area contributed by atoms with Crippen molar-refractivity contribution >= 4 is 5.91 Å². The number of hydrogen-bond acceptors (Lipinski definition) is 3. The smallest absolute Gasteiger partial charge is 0.254 e. The van der Waals surface area contributed by atoms with Gasteiger partial charge < -0.3 is 14.8 Å². The van der Waals surface area contributed by atoms with Gasteiger partial charge in [-0.2, -0.15) is 0 Å². The lowest BCUT2D eigenvalue weighted by Gasteiger charge is -2.17. The summed E-state index contributed by atoms with van der Waals surface area (Å²) in [4.78, 5) is 11.8. The third-order valence-electron chi connectivity index (χ3n) is 3.68. The highest BCUT2D eigenvalue weighted by molar-refractivity contribution is 5.95. The zero-order chi connectivity index (χ0) is 12.3. The van der Waals surface area contributed by atoms with E-state index >= 15 is 0 Å². The minimum absolute atomic E-state index is 0.0835. The van der Waals surface area contributed by atoms with Crippen LogP contribution in [0.25, 0.3) is 0 Å². The Kier molecular flexibility index (Phi) is 3.84. The summed E-state index contributed by atoms with van der Waals surface area (Å²) >= 11 is 0. The van der Waals surface area contributed by atoms with Gasteiger partial charge >= 0.3 is 0 Å². The van der Waals surface area contributed by atoms with Crippen LogP contribution < -0.4 is 5.32 Å².